The summed E-state index contributed by atoms with van der Waals surface area (Å²) in [7, 11) is -3.91. The van der Waals surface area contributed by atoms with Crippen molar-refractivity contribution >= 4 is 39.1 Å². The number of hydrogen-bond donors (Lipinski definition) is 0. The van der Waals surface area contributed by atoms with Crippen molar-refractivity contribution in [3.05, 3.63) is 59.6 Å². The molecule has 0 bridgehead atoms. The summed E-state index contributed by atoms with van der Waals surface area (Å²) in [4.78, 5) is 18.8. The summed E-state index contributed by atoms with van der Waals surface area (Å²) in [5, 5.41) is 0.480. The number of carbonyl (C=O) groups is 1. The molecule has 6 nitrogen and oxygen atoms in total. The summed E-state index contributed by atoms with van der Waals surface area (Å²) < 4.78 is 32.3. The number of halogens is 1. The smallest absolute Gasteiger partial charge is 0.233 e. The third kappa shape index (κ3) is 4.97. The molecule has 1 aliphatic heterocycles. The number of benzene rings is 2. The highest BCUT2D eigenvalue weighted by atomic mass is 35.5. The first-order valence-electron chi connectivity index (χ1n) is 9.92. The van der Waals surface area contributed by atoms with Crippen LogP contribution in [0.2, 0.25) is 5.02 Å². The Balaban J connectivity index is 1.66. The number of carbonyl (C=O) groups excluding carboxylic acids is 1. The minimum atomic E-state index is -3.91. The maximum Gasteiger partial charge on any atom is 0.233 e. The van der Waals surface area contributed by atoms with Crippen LogP contribution >= 0.6 is 23.4 Å². The van der Waals surface area contributed by atoms with Crippen molar-refractivity contribution in [1.82, 2.24) is 9.88 Å². The second-order valence-corrected chi connectivity index (χ2v) is 10.4. The number of thioether (sulfide) groups is 1. The number of likely N-dealkylation sites (tertiary alicyclic amines) is 1. The lowest BCUT2D eigenvalue weighted by Crippen LogP contribution is -2.36. The average molecular weight is 477 g/mol. The van der Waals surface area contributed by atoms with E-state index >= 15 is 0 Å². The van der Waals surface area contributed by atoms with Gasteiger partial charge in [0, 0.05) is 23.7 Å². The molecule has 1 fully saturated rings. The SMILES string of the molecule is O=C(CSc1oc(-c2ccc(Cl)cc2)nc1S(=O)(=O)c1ccccc1)N1CCCCC1. The van der Waals surface area contributed by atoms with Crippen LogP contribution in [0.3, 0.4) is 0 Å². The number of aromatic nitrogens is 1. The fraction of sp³-hybridized carbons (Fsp3) is 0.273. The molecule has 1 saturated heterocycles. The Labute approximate surface area is 190 Å². The Kier molecular flexibility index (Phi) is 6.69. The van der Waals surface area contributed by atoms with Gasteiger partial charge in [-0.1, -0.05) is 41.6 Å². The van der Waals surface area contributed by atoms with E-state index in [9.17, 15) is 13.2 Å². The van der Waals surface area contributed by atoms with Gasteiger partial charge in [-0.3, -0.25) is 4.79 Å². The van der Waals surface area contributed by atoms with Gasteiger partial charge in [-0.25, -0.2) is 8.42 Å². The molecule has 2 heterocycles. The molecular formula is C22H21ClN2O4S2. The molecule has 2 aromatic carbocycles. The highest BCUT2D eigenvalue weighted by Gasteiger charge is 2.29. The van der Waals surface area contributed by atoms with Crippen LogP contribution < -0.4 is 0 Å². The van der Waals surface area contributed by atoms with E-state index in [0.29, 0.717) is 10.6 Å². The lowest BCUT2D eigenvalue weighted by Gasteiger charge is -2.26. The van der Waals surface area contributed by atoms with Crippen LogP contribution in [0.5, 0.6) is 0 Å². The third-order valence-electron chi connectivity index (χ3n) is 5.00. The topological polar surface area (TPSA) is 80.5 Å². The molecule has 3 aromatic rings. The summed E-state index contributed by atoms with van der Waals surface area (Å²) in [5.74, 6) is 0.225. The van der Waals surface area contributed by atoms with Gasteiger partial charge in [0.2, 0.25) is 31.8 Å². The Morgan fingerprint density at radius 2 is 1.71 bits per heavy atom. The molecule has 1 aliphatic rings. The summed E-state index contributed by atoms with van der Waals surface area (Å²) in [5.41, 5.74) is 0.600. The van der Waals surface area contributed by atoms with Crippen molar-refractivity contribution in [2.45, 2.75) is 34.3 Å². The summed E-state index contributed by atoms with van der Waals surface area (Å²) >= 11 is 7.02. The second kappa shape index (κ2) is 9.46. The van der Waals surface area contributed by atoms with Gasteiger partial charge in [-0.2, -0.15) is 4.98 Å². The molecule has 0 atom stereocenters. The van der Waals surface area contributed by atoms with E-state index in [1.807, 2.05) is 4.90 Å². The predicted molar refractivity (Wildman–Crippen MR) is 120 cm³/mol. The van der Waals surface area contributed by atoms with Gasteiger partial charge in [0.1, 0.15) is 0 Å². The number of piperidine rings is 1. The van der Waals surface area contributed by atoms with Crippen molar-refractivity contribution in [2.24, 2.45) is 0 Å². The zero-order valence-electron chi connectivity index (χ0n) is 16.7. The number of oxazole rings is 1. The van der Waals surface area contributed by atoms with E-state index in [1.54, 1.807) is 42.5 Å². The summed E-state index contributed by atoms with van der Waals surface area (Å²) in [6.07, 6.45) is 3.11. The largest absolute Gasteiger partial charge is 0.428 e. The zero-order chi connectivity index (χ0) is 21.8. The lowest BCUT2D eigenvalue weighted by atomic mass is 10.1. The Bertz CT molecular complexity index is 1160. The molecule has 0 N–H and O–H groups in total. The van der Waals surface area contributed by atoms with E-state index in [0.717, 1.165) is 44.1 Å². The first kappa shape index (κ1) is 21.9. The third-order valence-corrected chi connectivity index (χ3v) is 7.99. The van der Waals surface area contributed by atoms with Crippen molar-refractivity contribution in [3.63, 3.8) is 0 Å². The first-order chi connectivity index (χ1) is 14.9. The van der Waals surface area contributed by atoms with Crippen LogP contribution in [0.15, 0.2) is 74.0 Å². The van der Waals surface area contributed by atoms with Gasteiger partial charge in [0.25, 0.3) is 0 Å². The maximum absolute atomic E-state index is 13.2. The van der Waals surface area contributed by atoms with E-state index < -0.39 is 9.84 Å². The fourth-order valence-corrected chi connectivity index (χ4v) is 5.92. The Morgan fingerprint density at radius 1 is 1.03 bits per heavy atom. The molecule has 0 radical (unpaired) electrons. The van der Waals surface area contributed by atoms with Crippen molar-refractivity contribution in [2.75, 3.05) is 18.8 Å². The van der Waals surface area contributed by atoms with Crippen LogP contribution in [-0.2, 0) is 14.6 Å². The molecule has 9 heteroatoms. The van der Waals surface area contributed by atoms with Gasteiger partial charge in [-0.05, 0) is 55.7 Å². The van der Waals surface area contributed by atoms with E-state index in [4.69, 9.17) is 16.0 Å². The first-order valence-corrected chi connectivity index (χ1v) is 12.8. The van der Waals surface area contributed by atoms with Crippen molar-refractivity contribution < 1.29 is 17.6 Å². The van der Waals surface area contributed by atoms with Crippen molar-refractivity contribution in [1.29, 1.82) is 0 Å². The number of sulfone groups is 1. The monoisotopic (exact) mass is 476 g/mol. The summed E-state index contributed by atoms with van der Waals surface area (Å²) in [6, 6.07) is 14.9. The summed E-state index contributed by atoms with van der Waals surface area (Å²) in [6.45, 7) is 1.47. The Hall–Kier alpha value is -2.29. The predicted octanol–water partition coefficient (Wildman–Crippen LogP) is 4.93. The standard InChI is InChI=1S/C22H21ClN2O4S2/c23-17-11-9-16(10-12-17)20-24-21(31(27,28)18-7-3-1-4-8-18)22(29-20)30-15-19(26)25-13-5-2-6-14-25/h1,3-4,7-12H,2,5-6,13-15H2. The molecule has 1 aromatic heterocycles. The molecule has 31 heavy (non-hydrogen) atoms. The van der Waals surface area contributed by atoms with Crippen LogP contribution in [0, 0.1) is 0 Å². The zero-order valence-corrected chi connectivity index (χ0v) is 19.0. The minimum absolute atomic E-state index is 0.0304. The normalized spacial score (nSPS) is 14.5. The minimum Gasteiger partial charge on any atom is -0.428 e. The molecule has 4 rings (SSSR count). The fourth-order valence-electron chi connectivity index (χ4n) is 3.34. The highest BCUT2D eigenvalue weighted by molar-refractivity contribution is 8.00. The molecule has 0 unspecified atom stereocenters. The van der Waals surface area contributed by atoms with E-state index in [-0.39, 0.29) is 32.6 Å². The van der Waals surface area contributed by atoms with Gasteiger partial charge < -0.3 is 9.32 Å². The Morgan fingerprint density at radius 3 is 2.39 bits per heavy atom. The second-order valence-electron chi connectivity index (χ2n) is 7.17. The maximum atomic E-state index is 13.2. The van der Waals surface area contributed by atoms with Gasteiger partial charge in [0.15, 0.2) is 0 Å². The molecule has 162 valence electrons. The number of hydrogen-bond acceptors (Lipinski definition) is 6. The molecule has 0 saturated carbocycles. The average Bonchev–Trinajstić information content (AvgIpc) is 3.24. The van der Waals surface area contributed by atoms with Gasteiger partial charge in [-0.15, -0.1) is 0 Å². The number of rotatable bonds is 6. The highest BCUT2D eigenvalue weighted by Crippen LogP contribution is 2.35. The quantitative estimate of drug-likeness (QED) is 0.469. The van der Waals surface area contributed by atoms with Gasteiger partial charge >= 0.3 is 0 Å². The van der Waals surface area contributed by atoms with Crippen LogP contribution in [0.4, 0.5) is 0 Å². The van der Waals surface area contributed by atoms with Gasteiger partial charge in [0.05, 0.1) is 10.6 Å². The number of nitrogens with zero attached hydrogens (tertiary/aromatic N) is 2. The molecular weight excluding hydrogens is 456 g/mol. The number of amides is 1. The lowest BCUT2D eigenvalue weighted by molar-refractivity contribution is -0.129. The van der Waals surface area contributed by atoms with Crippen molar-refractivity contribution in [3.8, 4) is 11.5 Å². The van der Waals surface area contributed by atoms with Crippen LogP contribution in [0.1, 0.15) is 19.3 Å². The van der Waals surface area contributed by atoms with E-state index in [1.165, 1.54) is 12.1 Å². The van der Waals surface area contributed by atoms with Crippen LogP contribution in [-0.4, -0.2) is 43.1 Å². The molecule has 0 spiro atoms. The van der Waals surface area contributed by atoms with E-state index in [2.05, 4.69) is 4.98 Å². The molecule has 0 aliphatic carbocycles. The molecule has 1 amide bonds. The van der Waals surface area contributed by atoms with Crippen LogP contribution in [0.25, 0.3) is 11.5 Å².